The summed E-state index contributed by atoms with van der Waals surface area (Å²) in [5, 5.41) is 12.5. The van der Waals surface area contributed by atoms with Crippen molar-refractivity contribution < 1.29 is 5.11 Å². The topological polar surface area (TPSA) is 20.2 Å². The number of benzene rings is 2. The zero-order valence-electron chi connectivity index (χ0n) is 12.8. The van der Waals surface area contributed by atoms with Gasteiger partial charge in [0.25, 0.3) is 0 Å². The summed E-state index contributed by atoms with van der Waals surface area (Å²) in [4.78, 5) is 0. The van der Waals surface area contributed by atoms with Gasteiger partial charge in [-0.1, -0.05) is 50.2 Å². The van der Waals surface area contributed by atoms with Gasteiger partial charge in [0.05, 0.1) is 32.5 Å². The molecule has 2 aromatic rings. The second-order valence-electron chi connectivity index (χ2n) is 6.35. The summed E-state index contributed by atoms with van der Waals surface area (Å²) in [6, 6.07) is 19.3. The Bertz CT molecular complexity index is 573. The van der Waals surface area contributed by atoms with Crippen molar-refractivity contribution in [2.24, 2.45) is 0 Å². The first-order valence-corrected chi connectivity index (χ1v) is 9.68. The summed E-state index contributed by atoms with van der Waals surface area (Å²) in [6.07, 6.45) is 0. The smallest absolute Gasteiger partial charge is 0.102 e. The van der Waals surface area contributed by atoms with Crippen molar-refractivity contribution in [3.8, 4) is 0 Å². The summed E-state index contributed by atoms with van der Waals surface area (Å²) < 4.78 is 0. The lowest BCUT2D eigenvalue weighted by Crippen LogP contribution is -2.32. The Hall–Kier alpha value is -1.17. The first kappa shape index (κ1) is 15.2. The third kappa shape index (κ3) is 2.80. The molecular formula is C18H24OP+. The summed E-state index contributed by atoms with van der Waals surface area (Å²) in [7, 11) is -1.41. The SMILES string of the molecule is CC(C)(CO)c1ccccc1[P+](C)(C)c1ccccc1. The van der Waals surface area contributed by atoms with Crippen molar-refractivity contribution in [2.75, 3.05) is 19.9 Å². The third-order valence-corrected chi connectivity index (χ3v) is 7.22. The van der Waals surface area contributed by atoms with E-state index in [1.807, 2.05) is 0 Å². The van der Waals surface area contributed by atoms with Gasteiger partial charge in [-0.05, 0) is 18.2 Å². The van der Waals surface area contributed by atoms with Gasteiger partial charge in [-0.25, -0.2) is 0 Å². The lowest BCUT2D eigenvalue weighted by molar-refractivity contribution is 0.219. The summed E-state index contributed by atoms with van der Waals surface area (Å²) in [5.74, 6) is 0. The standard InChI is InChI=1S/C18H24OP/c1-18(2,14-19)16-12-8-9-13-17(16)20(3,4)15-10-6-5-7-11-15/h5-13,19H,14H2,1-4H3/q+1. The number of rotatable bonds is 4. The highest BCUT2D eigenvalue weighted by Gasteiger charge is 2.37. The molecule has 0 fully saturated rings. The number of hydrogen-bond donors (Lipinski definition) is 1. The molecule has 2 aromatic carbocycles. The molecule has 0 unspecified atom stereocenters. The quantitative estimate of drug-likeness (QED) is 0.856. The Morgan fingerprint density at radius 2 is 1.45 bits per heavy atom. The van der Waals surface area contributed by atoms with Gasteiger partial charge in [-0.2, -0.15) is 0 Å². The highest BCUT2D eigenvalue weighted by Crippen LogP contribution is 2.50. The minimum atomic E-state index is -1.41. The monoisotopic (exact) mass is 287 g/mol. The van der Waals surface area contributed by atoms with Gasteiger partial charge in [0, 0.05) is 11.0 Å². The van der Waals surface area contributed by atoms with Crippen molar-refractivity contribution in [1.29, 1.82) is 0 Å². The zero-order chi connectivity index (χ0) is 14.8. The Morgan fingerprint density at radius 3 is 2.05 bits per heavy atom. The fraction of sp³-hybridized carbons (Fsp3) is 0.333. The van der Waals surface area contributed by atoms with Gasteiger partial charge in [0.1, 0.15) is 5.30 Å². The minimum absolute atomic E-state index is 0.165. The van der Waals surface area contributed by atoms with Crippen molar-refractivity contribution in [2.45, 2.75) is 19.3 Å². The van der Waals surface area contributed by atoms with Crippen LogP contribution in [0.3, 0.4) is 0 Å². The highest BCUT2D eigenvalue weighted by molar-refractivity contribution is 7.88. The molecule has 0 atom stereocenters. The van der Waals surface area contributed by atoms with E-state index in [0.717, 1.165) is 0 Å². The van der Waals surface area contributed by atoms with Gasteiger partial charge in [0.15, 0.2) is 0 Å². The van der Waals surface area contributed by atoms with Gasteiger partial charge >= 0.3 is 0 Å². The summed E-state index contributed by atoms with van der Waals surface area (Å²) >= 11 is 0. The maximum absolute atomic E-state index is 9.72. The molecule has 0 saturated heterocycles. The van der Waals surface area contributed by atoms with E-state index in [9.17, 15) is 5.11 Å². The Labute approximate surface area is 123 Å². The molecule has 2 heteroatoms. The Balaban J connectivity index is 2.59. The van der Waals surface area contributed by atoms with E-state index in [0.29, 0.717) is 0 Å². The first-order chi connectivity index (χ1) is 9.39. The summed E-state index contributed by atoms with van der Waals surface area (Å²) in [5.41, 5.74) is 1.06. The fourth-order valence-corrected chi connectivity index (χ4v) is 5.19. The van der Waals surface area contributed by atoms with E-state index in [1.54, 1.807) is 0 Å². The van der Waals surface area contributed by atoms with E-state index in [-0.39, 0.29) is 12.0 Å². The van der Waals surface area contributed by atoms with Crippen LogP contribution >= 0.6 is 7.26 Å². The van der Waals surface area contributed by atoms with E-state index in [1.165, 1.54) is 16.2 Å². The third-order valence-electron chi connectivity index (χ3n) is 4.03. The number of aliphatic hydroxyl groups excluding tert-OH is 1. The molecule has 0 aliphatic rings. The molecule has 0 aromatic heterocycles. The van der Waals surface area contributed by atoms with Crippen LogP contribution in [-0.4, -0.2) is 25.0 Å². The molecule has 0 heterocycles. The number of aliphatic hydroxyl groups is 1. The van der Waals surface area contributed by atoms with Crippen LogP contribution in [0.1, 0.15) is 19.4 Å². The molecule has 1 N–H and O–H groups in total. The van der Waals surface area contributed by atoms with E-state index in [2.05, 4.69) is 81.8 Å². The van der Waals surface area contributed by atoms with Crippen molar-refractivity contribution in [3.63, 3.8) is 0 Å². The molecule has 0 radical (unpaired) electrons. The van der Waals surface area contributed by atoms with E-state index >= 15 is 0 Å². The fourth-order valence-electron chi connectivity index (χ4n) is 2.56. The van der Waals surface area contributed by atoms with Crippen LogP contribution in [0, 0.1) is 0 Å². The van der Waals surface area contributed by atoms with Gasteiger partial charge in [-0.3, -0.25) is 0 Å². The average molecular weight is 287 g/mol. The first-order valence-electron chi connectivity index (χ1n) is 7.00. The highest BCUT2D eigenvalue weighted by atomic mass is 31.2. The normalized spacial score (nSPS) is 12.4. The lowest BCUT2D eigenvalue weighted by atomic mass is 9.86. The molecular weight excluding hydrogens is 263 g/mol. The molecule has 106 valence electrons. The molecule has 0 spiro atoms. The van der Waals surface area contributed by atoms with Crippen LogP contribution in [0.25, 0.3) is 0 Å². The van der Waals surface area contributed by atoms with E-state index in [4.69, 9.17) is 0 Å². The van der Waals surface area contributed by atoms with Crippen LogP contribution in [-0.2, 0) is 5.41 Å². The predicted molar refractivity (Wildman–Crippen MR) is 91.0 cm³/mol. The molecule has 0 amide bonds. The number of hydrogen-bond acceptors (Lipinski definition) is 1. The molecule has 0 saturated carbocycles. The van der Waals surface area contributed by atoms with Crippen LogP contribution in [0.2, 0.25) is 0 Å². The summed E-state index contributed by atoms with van der Waals surface area (Å²) in [6.45, 7) is 9.09. The minimum Gasteiger partial charge on any atom is -0.395 e. The molecule has 20 heavy (non-hydrogen) atoms. The van der Waals surface area contributed by atoms with Crippen molar-refractivity contribution in [3.05, 3.63) is 60.2 Å². The second-order valence-corrected chi connectivity index (χ2v) is 10.3. The lowest BCUT2D eigenvalue weighted by Gasteiger charge is -2.28. The van der Waals surface area contributed by atoms with E-state index < -0.39 is 7.26 Å². The van der Waals surface area contributed by atoms with Gasteiger partial charge < -0.3 is 5.11 Å². The predicted octanol–water partition coefficient (Wildman–Crippen LogP) is 3.18. The molecule has 0 aliphatic heterocycles. The van der Waals surface area contributed by atoms with Crippen LogP contribution in [0.4, 0.5) is 0 Å². The Morgan fingerprint density at radius 1 is 0.900 bits per heavy atom. The molecule has 0 aliphatic carbocycles. The van der Waals surface area contributed by atoms with Crippen molar-refractivity contribution >= 4 is 17.9 Å². The second kappa shape index (κ2) is 5.68. The zero-order valence-corrected chi connectivity index (χ0v) is 13.7. The average Bonchev–Trinajstić information content (AvgIpc) is 2.48. The van der Waals surface area contributed by atoms with Gasteiger partial charge in [0.2, 0.25) is 0 Å². The molecule has 0 bridgehead atoms. The Kier molecular flexibility index (Phi) is 4.32. The van der Waals surface area contributed by atoms with Crippen LogP contribution in [0.15, 0.2) is 54.6 Å². The maximum Gasteiger partial charge on any atom is 0.102 e. The van der Waals surface area contributed by atoms with Crippen molar-refractivity contribution in [1.82, 2.24) is 0 Å². The molecule has 2 rings (SSSR count). The maximum atomic E-state index is 9.72. The largest absolute Gasteiger partial charge is 0.395 e. The van der Waals surface area contributed by atoms with Crippen LogP contribution in [0.5, 0.6) is 0 Å². The molecule has 1 nitrogen and oxygen atoms in total. The van der Waals surface area contributed by atoms with Crippen LogP contribution < -0.4 is 10.6 Å². The van der Waals surface area contributed by atoms with Gasteiger partial charge in [-0.15, -0.1) is 0 Å².